The van der Waals surface area contributed by atoms with Crippen LogP contribution in [0.4, 0.5) is 0 Å². The number of likely N-dealkylation sites (tertiary alicyclic amines) is 1. The first-order valence-electron chi connectivity index (χ1n) is 6.32. The van der Waals surface area contributed by atoms with Crippen LogP contribution in [0.2, 0.25) is 0 Å². The molecule has 1 aromatic rings. The van der Waals surface area contributed by atoms with Crippen molar-refractivity contribution >= 4 is 5.91 Å². The summed E-state index contributed by atoms with van der Waals surface area (Å²) in [5.41, 5.74) is 0.529. The summed E-state index contributed by atoms with van der Waals surface area (Å²) in [6, 6.07) is 3.87. The molecule has 0 spiro atoms. The monoisotopic (exact) mass is 232 g/mol. The van der Waals surface area contributed by atoms with Crippen molar-refractivity contribution in [1.82, 2.24) is 9.88 Å². The van der Waals surface area contributed by atoms with Gasteiger partial charge in [0, 0.05) is 25.5 Å². The fourth-order valence-corrected chi connectivity index (χ4v) is 2.35. The van der Waals surface area contributed by atoms with Gasteiger partial charge in [0.1, 0.15) is 0 Å². The maximum atomic E-state index is 12.5. The highest BCUT2D eigenvalue weighted by Gasteiger charge is 2.34. The van der Waals surface area contributed by atoms with E-state index in [1.54, 1.807) is 12.4 Å². The molecule has 1 aromatic heterocycles. The number of amides is 1. The molecular weight excluding hydrogens is 212 g/mol. The first-order valence-corrected chi connectivity index (χ1v) is 6.32. The van der Waals surface area contributed by atoms with Crippen LogP contribution in [0.5, 0.6) is 0 Å². The van der Waals surface area contributed by atoms with Crippen molar-refractivity contribution in [3.8, 4) is 0 Å². The van der Waals surface area contributed by atoms with Crippen LogP contribution in [0.1, 0.15) is 38.7 Å². The Labute approximate surface area is 103 Å². The van der Waals surface area contributed by atoms with Gasteiger partial charge in [-0.2, -0.15) is 0 Å². The van der Waals surface area contributed by atoms with Crippen LogP contribution in [0.15, 0.2) is 24.5 Å². The summed E-state index contributed by atoms with van der Waals surface area (Å²) >= 11 is 0. The van der Waals surface area contributed by atoms with Gasteiger partial charge in [-0.25, -0.2) is 0 Å². The van der Waals surface area contributed by atoms with Crippen molar-refractivity contribution in [3.05, 3.63) is 30.1 Å². The summed E-state index contributed by atoms with van der Waals surface area (Å²) < 4.78 is 0. The van der Waals surface area contributed by atoms with Gasteiger partial charge in [-0.15, -0.1) is 0 Å². The van der Waals surface area contributed by atoms with E-state index in [0.29, 0.717) is 0 Å². The zero-order valence-electron chi connectivity index (χ0n) is 10.6. The second-order valence-corrected chi connectivity index (χ2v) is 5.22. The smallest absolute Gasteiger partial charge is 0.232 e. The highest BCUT2D eigenvalue weighted by atomic mass is 16.2. The van der Waals surface area contributed by atoms with E-state index in [1.807, 2.05) is 30.9 Å². The molecule has 1 amide bonds. The van der Waals surface area contributed by atoms with Crippen LogP contribution in [0, 0.1) is 0 Å². The maximum absolute atomic E-state index is 12.5. The molecule has 0 aliphatic carbocycles. The molecule has 3 nitrogen and oxygen atoms in total. The molecule has 0 unspecified atom stereocenters. The highest BCUT2D eigenvalue weighted by Crippen LogP contribution is 2.26. The zero-order valence-corrected chi connectivity index (χ0v) is 10.6. The predicted molar refractivity (Wildman–Crippen MR) is 67.7 cm³/mol. The lowest BCUT2D eigenvalue weighted by molar-refractivity contribution is -0.137. The Kier molecular flexibility index (Phi) is 3.46. The average Bonchev–Trinajstić information content (AvgIpc) is 2.40. The highest BCUT2D eigenvalue weighted by molar-refractivity contribution is 5.87. The van der Waals surface area contributed by atoms with Gasteiger partial charge in [0.15, 0.2) is 0 Å². The van der Waals surface area contributed by atoms with Crippen molar-refractivity contribution in [2.45, 2.75) is 38.5 Å². The Morgan fingerprint density at radius 3 is 2.59 bits per heavy atom. The van der Waals surface area contributed by atoms with Gasteiger partial charge in [0.05, 0.1) is 5.41 Å². The van der Waals surface area contributed by atoms with Gasteiger partial charge >= 0.3 is 0 Å². The van der Waals surface area contributed by atoms with Gasteiger partial charge in [-0.3, -0.25) is 9.78 Å². The lowest BCUT2D eigenvalue weighted by atomic mass is 9.83. The molecule has 0 bridgehead atoms. The molecule has 92 valence electrons. The Morgan fingerprint density at radius 2 is 2.00 bits per heavy atom. The number of carbonyl (C=O) groups is 1. The third kappa shape index (κ3) is 2.48. The lowest BCUT2D eigenvalue weighted by Gasteiger charge is -2.34. The van der Waals surface area contributed by atoms with E-state index in [0.717, 1.165) is 31.5 Å². The van der Waals surface area contributed by atoms with Gasteiger partial charge in [-0.1, -0.05) is 6.07 Å². The van der Waals surface area contributed by atoms with Crippen LogP contribution in [0.3, 0.4) is 0 Å². The molecule has 1 aliphatic rings. The largest absolute Gasteiger partial charge is 0.342 e. The SMILES string of the molecule is CC(C)(C(=O)N1CCCCC1)c1cccnc1. The minimum absolute atomic E-state index is 0.227. The summed E-state index contributed by atoms with van der Waals surface area (Å²) in [6.07, 6.45) is 7.05. The normalized spacial score (nSPS) is 16.9. The van der Waals surface area contributed by atoms with E-state index < -0.39 is 5.41 Å². The van der Waals surface area contributed by atoms with Crippen molar-refractivity contribution in [3.63, 3.8) is 0 Å². The molecule has 0 atom stereocenters. The predicted octanol–water partition coefficient (Wildman–Crippen LogP) is 2.37. The van der Waals surface area contributed by atoms with Crippen molar-refractivity contribution < 1.29 is 4.79 Å². The van der Waals surface area contributed by atoms with Gasteiger partial charge in [-0.05, 0) is 44.7 Å². The fraction of sp³-hybridized carbons (Fsp3) is 0.571. The van der Waals surface area contributed by atoms with E-state index in [-0.39, 0.29) is 5.91 Å². The molecule has 0 saturated carbocycles. The standard InChI is InChI=1S/C14H20N2O/c1-14(2,12-7-6-8-15-11-12)13(17)16-9-4-3-5-10-16/h6-8,11H,3-5,9-10H2,1-2H3. The van der Waals surface area contributed by atoms with Crippen LogP contribution in [0.25, 0.3) is 0 Å². The minimum Gasteiger partial charge on any atom is -0.342 e. The molecule has 0 radical (unpaired) electrons. The Balaban J connectivity index is 2.17. The third-order valence-electron chi connectivity index (χ3n) is 3.56. The van der Waals surface area contributed by atoms with Crippen LogP contribution < -0.4 is 0 Å². The zero-order chi connectivity index (χ0) is 12.3. The summed E-state index contributed by atoms with van der Waals surface area (Å²) in [5, 5.41) is 0. The fourth-order valence-electron chi connectivity index (χ4n) is 2.35. The van der Waals surface area contributed by atoms with E-state index >= 15 is 0 Å². The number of piperidine rings is 1. The molecule has 1 aliphatic heterocycles. The second-order valence-electron chi connectivity index (χ2n) is 5.22. The number of hydrogen-bond acceptors (Lipinski definition) is 2. The molecule has 17 heavy (non-hydrogen) atoms. The van der Waals surface area contributed by atoms with E-state index in [9.17, 15) is 4.79 Å². The van der Waals surface area contributed by atoms with E-state index in [4.69, 9.17) is 0 Å². The molecule has 0 N–H and O–H groups in total. The number of rotatable bonds is 2. The van der Waals surface area contributed by atoms with Crippen LogP contribution >= 0.6 is 0 Å². The van der Waals surface area contributed by atoms with Crippen molar-refractivity contribution in [2.75, 3.05) is 13.1 Å². The van der Waals surface area contributed by atoms with Crippen LogP contribution in [-0.2, 0) is 10.2 Å². The lowest BCUT2D eigenvalue weighted by Crippen LogP contribution is -2.45. The van der Waals surface area contributed by atoms with Crippen LogP contribution in [-0.4, -0.2) is 28.9 Å². The average molecular weight is 232 g/mol. The quantitative estimate of drug-likeness (QED) is 0.784. The maximum Gasteiger partial charge on any atom is 0.232 e. The number of carbonyl (C=O) groups excluding carboxylic acids is 1. The Morgan fingerprint density at radius 1 is 1.29 bits per heavy atom. The van der Waals surface area contributed by atoms with Gasteiger partial charge in [0.2, 0.25) is 5.91 Å². The number of aromatic nitrogens is 1. The van der Waals surface area contributed by atoms with E-state index in [1.165, 1.54) is 6.42 Å². The summed E-state index contributed by atoms with van der Waals surface area (Å²) in [5.74, 6) is 0.227. The first-order chi connectivity index (χ1) is 8.12. The molecular formula is C14H20N2O. The molecule has 1 fully saturated rings. The second kappa shape index (κ2) is 4.86. The minimum atomic E-state index is -0.467. The number of nitrogens with zero attached hydrogens (tertiary/aromatic N) is 2. The Bertz CT molecular complexity index is 380. The Hall–Kier alpha value is -1.38. The first kappa shape index (κ1) is 12.1. The topological polar surface area (TPSA) is 33.2 Å². The summed E-state index contributed by atoms with van der Waals surface area (Å²) in [4.78, 5) is 18.6. The summed E-state index contributed by atoms with van der Waals surface area (Å²) in [7, 11) is 0. The number of pyridine rings is 1. The summed E-state index contributed by atoms with van der Waals surface area (Å²) in [6.45, 7) is 5.78. The third-order valence-corrected chi connectivity index (χ3v) is 3.56. The number of hydrogen-bond donors (Lipinski definition) is 0. The van der Waals surface area contributed by atoms with Crippen molar-refractivity contribution in [1.29, 1.82) is 0 Å². The van der Waals surface area contributed by atoms with Crippen molar-refractivity contribution in [2.24, 2.45) is 0 Å². The molecule has 2 rings (SSSR count). The molecule has 2 heterocycles. The molecule has 3 heteroatoms. The van der Waals surface area contributed by atoms with Gasteiger partial charge < -0.3 is 4.90 Å². The molecule has 0 aromatic carbocycles. The van der Waals surface area contributed by atoms with Gasteiger partial charge in [0.25, 0.3) is 0 Å². The van der Waals surface area contributed by atoms with E-state index in [2.05, 4.69) is 4.98 Å². The molecule has 1 saturated heterocycles.